The third-order valence-corrected chi connectivity index (χ3v) is 6.12. The third kappa shape index (κ3) is 3.28. The molecule has 0 aromatic carbocycles. The van der Waals surface area contributed by atoms with Gasteiger partial charge in [-0.05, 0) is 25.8 Å². The topological polar surface area (TPSA) is 66.5 Å². The van der Waals surface area contributed by atoms with Crippen LogP contribution in [0.1, 0.15) is 32.1 Å². The molecule has 1 saturated carbocycles. The van der Waals surface area contributed by atoms with Crippen molar-refractivity contribution >= 4 is 15.7 Å². The molecule has 1 aliphatic carbocycles. The van der Waals surface area contributed by atoms with E-state index in [4.69, 9.17) is 0 Å². The van der Waals surface area contributed by atoms with Crippen LogP contribution >= 0.6 is 0 Å². The molecule has 1 saturated heterocycles. The number of amides is 1. The highest BCUT2D eigenvalue weighted by molar-refractivity contribution is 7.91. The van der Waals surface area contributed by atoms with E-state index in [2.05, 4.69) is 5.32 Å². The predicted molar refractivity (Wildman–Crippen MR) is 74.6 cm³/mol. The van der Waals surface area contributed by atoms with Gasteiger partial charge in [0.2, 0.25) is 5.91 Å². The summed E-state index contributed by atoms with van der Waals surface area (Å²) in [7, 11) is -1.31. The summed E-state index contributed by atoms with van der Waals surface area (Å²) in [4.78, 5) is 14.1. The average molecular weight is 288 g/mol. The molecule has 2 rings (SSSR count). The molecule has 1 aliphatic heterocycles. The van der Waals surface area contributed by atoms with Crippen molar-refractivity contribution in [2.75, 3.05) is 26.4 Å². The Hall–Kier alpha value is -0.620. The monoisotopic (exact) mass is 288 g/mol. The zero-order valence-electron chi connectivity index (χ0n) is 11.8. The van der Waals surface area contributed by atoms with Crippen LogP contribution in [0.5, 0.6) is 0 Å². The number of rotatable bonds is 3. The normalized spacial score (nSPS) is 32.2. The molecular formula is C13H24N2O3S. The van der Waals surface area contributed by atoms with Crippen molar-refractivity contribution in [1.29, 1.82) is 0 Å². The van der Waals surface area contributed by atoms with Crippen LogP contribution in [0, 0.1) is 5.92 Å². The molecule has 19 heavy (non-hydrogen) atoms. The molecule has 0 aromatic rings. The molecule has 0 radical (unpaired) electrons. The number of carbonyl (C=O) groups excluding carboxylic acids is 1. The number of nitrogens with zero attached hydrogens (tertiary/aromatic N) is 1. The zero-order valence-corrected chi connectivity index (χ0v) is 12.6. The van der Waals surface area contributed by atoms with E-state index >= 15 is 0 Å². The minimum absolute atomic E-state index is 0.0205. The maximum Gasteiger partial charge on any atom is 0.227 e. The van der Waals surface area contributed by atoms with Crippen LogP contribution in [0.25, 0.3) is 0 Å². The van der Waals surface area contributed by atoms with Gasteiger partial charge in [0.25, 0.3) is 0 Å². The standard InChI is InChI=1S/C13H24N2O3S/c1-15(13(16)10-7-8-14-9-10)11-5-3-4-6-12(11)19(2,17)18/h10-12,14H,3-9H2,1-2H3. The summed E-state index contributed by atoms with van der Waals surface area (Å²) >= 11 is 0. The number of carbonyl (C=O) groups is 1. The molecule has 2 fully saturated rings. The van der Waals surface area contributed by atoms with Gasteiger partial charge in [0.05, 0.1) is 11.2 Å². The Morgan fingerprint density at radius 3 is 2.47 bits per heavy atom. The lowest BCUT2D eigenvalue weighted by atomic mass is 9.93. The Balaban J connectivity index is 2.10. The first kappa shape index (κ1) is 14.8. The summed E-state index contributed by atoms with van der Waals surface area (Å²) in [6.07, 6.45) is 5.60. The first-order valence-corrected chi connectivity index (χ1v) is 9.03. The first-order valence-electron chi connectivity index (χ1n) is 7.07. The Morgan fingerprint density at radius 1 is 1.21 bits per heavy atom. The van der Waals surface area contributed by atoms with Gasteiger partial charge in [-0.15, -0.1) is 0 Å². The fourth-order valence-electron chi connectivity index (χ4n) is 3.34. The van der Waals surface area contributed by atoms with Crippen LogP contribution in [-0.4, -0.2) is 56.9 Å². The third-order valence-electron chi connectivity index (χ3n) is 4.47. The molecule has 0 spiro atoms. The van der Waals surface area contributed by atoms with Crippen LogP contribution in [0.15, 0.2) is 0 Å². The SMILES string of the molecule is CN(C(=O)C1CCNC1)C1CCCCC1S(C)(=O)=O. The number of hydrogen-bond donors (Lipinski definition) is 1. The van der Waals surface area contributed by atoms with Crippen molar-refractivity contribution in [3.63, 3.8) is 0 Å². The van der Waals surface area contributed by atoms with E-state index in [9.17, 15) is 13.2 Å². The van der Waals surface area contributed by atoms with Crippen molar-refractivity contribution in [2.24, 2.45) is 5.92 Å². The quantitative estimate of drug-likeness (QED) is 0.817. The molecule has 1 amide bonds. The van der Waals surface area contributed by atoms with Crippen molar-refractivity contribution in [3.8, 4) is 0 Å². The highest BCUT2D eigenvalue weighted by atomic mass is 32.2. The summed E-state index contributed by atoms with van der Waals surface area (Å²) in [6.45, 7) is 1.60. The average Bonchev–Trinajstić information content (AvgIpc) is 2.90. The van der Waals surface area contributed by atoms with Gasteiger partial charge in [-0.3, -0.25) is 4.79 Å². The van der Waals surface area contributed by atoms with E-state index in [1.165, 1.54) is 6.26 Å². The maximum atomic E-state index is 12.4. The van der Waals surface area contributed by atoms with Gasteiger partial charge in [-0.2, -0.15) is 0 Å². The van der Waals surface area contributed by atoms with Crippen LogP contribution in [0.2, 0.25) is 0 Å². The summed E-state index contributed by atoms with van der Waals surface area (Å²) in [6, 6.07) is -0.142. The minimum atomic E-state index is -3.09. The molecule has 5 nitrogen and oxygen atoms in total. The van der Waals surface area contributed by atoms with Crippen LogP contribution in [0.4, 0.5) is 0 Å². The van der Waals surface area contributed by atoms with Gasteiger partial charge in [-0.1, -0.05) is 12.8 Å². The van der Waals surface area contributed by atoms with Crippen LogP contribution < -0.4 is 5.32 Å². The Morgan fingerprint density at radius 2 is 1.89 bits per heavy atom. The molecule has 3 unspecified atom stereocenters. The maximum absolute atomic E-state index is 12.4. The number of sulfone groups is 1. The fraction of sp³-hybridized carbons (Fsp3) is 0.923. The van der Waals surface area contributed by atoms with Crippen molar-refractivity contribution in [1.82, 2.24) is 10.2 Å². The summed E-state index contributed by atoms with van der Waals surface area (Å²) in [5, 5.41) is 2.80. The molecule has 3 atom stereocenters. The molecule has 110 valence electrons. The van der Waals surface area contributed by atoms with E-state index in [0.717, 1.165) is 38.8 Å². The highest BCUT2D eigenvalue weighted by Gasteiger charge is 2.38. The number of hydrogen-bond acceptors (Lipinski definition) is 4. The highest BCUT2D eigenvalue weighted by Crippen LogP contribution is 2.28. The molecule has 0 bridgehead atoms. The zero-order chi connectivity index (χ0) is 14.0. The van der Waals surface area contributed by atoms with Gasteiger partial charge in [0.1, 0.15) is 0 Å². The Labute approximate surface area is 115 Å². The van der Waals surface area contributed by atoms with E-state index in [-0.39, 0.29) is 23.1 Å². The second kappa shape index (κ2) is 5.79. The van der Waals surface area contributed by atoms with Crippen molar-refractivity contribution < 1.29 is 13.2 Å². The second-order valence-electron chi connectivity index (χ2n) is 5.86. The van der Waals surface area contributed by atoms with E-state index < -0.39 is 9.84 Å². The molecule has 0 aromatic heterocycles. The smallest absolute Gasteiger partial charge is 0.227 e. The Bertz CT molecular complexity index is 429. The van der Waals surface area contributed by atoms with E-state index in [1.807, 2.05) is 0 Å². The summed E-state index contributed by atoms with van der Waals surface area (Å²) < 4.78 is 23.8. The van der Waals surface area contributed by atoms with Crippen molar-refractivity contribution in [3.05, 3.63) is 0 Å². The largest absolute Gasteiger partial charge is 0.341 e. The van der Waals surface area contributed by atoms with Crippen LogP contribution in [-0.2, 0) is 14.6 Å². The number of nitrogens with one attached hydrogen (secondary N) is 1. The lowest BCUT2D eigenvalue weighted by Crippen LogP contribution is -2.51. The van der Waals surface area contributed by atoms with Crippen molar-refractivity contribution in [2.45, 2.75) is 43.4 Å². The minimum Gasteiger partial charge on any atom is -0.341 e. The molecule has 1 N–H and O–H groups in total. The van der Waals surface area contributed by atoms with Gasteiger partial charge >= 0.3 is 0 Å². The molecule has 2 aliphatic rings. The van der Waals surface area contributed by atoms with E-state index in [0.29, 0.717) is 6.42 Å². The molecular weight excluding hydrogens is 264 g/mol. The Kier molecular flexibility index (Phi) is 4.50. The van der Waals surface area contributed by atoms with Gasteiger partial charge in [-0.25, -0.2) is 8.42 Å². The second-order valence-corrected chi connectivity index (χ2v) is 8.12. The summed E-state index contributed by atoms with van der Waals surface area (Å²) in [5.41, 5.74) is 0. The van der Waals surface area contributed by atoms with Gasteiger partial charge < -0.3 is 10.2 Å². The first-order chi connectivity index (χ1) is 8.91. The lowest BCUT2D eigenvalue weighted by molar-refractivity contribution is -0.136. The molecule has 1 heterocycles. The fourth-order valence-corrected chi connectivity index (χ4v) is 4.82. The predicted octanol–water partition coefficient (Wildman–Crippen LogP) is 0.410. The molecule has 6 heteroatoms. The van der Waals surface area contributed by atoms with Gasteiger partial charge in [0.15, 0.2) is 9.84 Å². The summed E-state index contributed by atoms with van der Waals surface area (Å²) in [5.74, 6) is 0.123. The van der Waals surface area contributed by atoms with Gasteiger partial charge in [0, 0.05) is 25.9 Å². The van der Waals surface area contributed by atoms with E-state index in [1.54, 1.807) is 11.9 Å². The van der Waals surface area contributed by atoms with Crippen LogP contribution in [0.3, 0.4) is 0 Å². The lowest BCUT2D eigenvalue weighted by Gasteiger charge is -2.38.